The number of piperazine rings is 1. The number of hydrogen-bond acceptors (Lipinski definition) is 6. The lowest BCUT2D eigenvalue weighted by Crippen LogP contribution is -2.49. The molecule has 0 amide bonds. The van der Waals surface area contributed by atoms with Crippen LogP contribution in [0.4, 0.5) is 26.3 Å². The Morgan fingerprint density at radius 2 is 1.47 bits per heavy atom. The van der Waals surface area contributed by atoms with Crippen molar-refractivity contribution in [3.8, 4) is 22.6 Å². The number of carbonyl (C=O) groups is 1. The number of halogens is 6. The largest absolute Gasteiger partial charge is 0.573 e. The Kier molecular flexibility index (Phi) is 11.8. The minimum Gasteiger partial charge on any atom is -0.406 e. The van der Waals surface area contributed by atoms with Crippen LogP contribution in [-0.4, -0.2) is 64.6 Å². The normalized spacial score (nSPS) is 17.3. The minimum atomic E-state index is -4.79. The van der Waals surface area contributed by atoms with Gasteiger partial charge >= 0.3 is 12.7 Å². The Bertz CT molecular complexity index is 1860. The molecule has 2 heterocycles. The fourth-order valence-corrected chi connectivity index (χ4v) is 7.66. The molecular formula is C40H46F6N4O3. The molecule has 6 rings (SSSR count). The van der Waals surface area contributed by atoms with Crippen molar-refractivity contribution in [1.29, 1.82) is 0 Å². The van der Waals surface area contributed by atoms with E-state index in [1.165, 1.54) is 18.2 Å². The average molecular weight is 745 g/mol. The second-order valence-corrected chi connectivity index (χ2v) is 14.4. The molecule has 2 fully saturated rings. The molecule has 0 atom stereocenters. The van der Waals surface area contributed by atoms with Crippen LogP contribution in [0, 0.1) is 6.92 Å². The highest BCUT2D eigenvalue weighted by Gasteiger charge is 2.35. The van der Waals surface area contributed by atoms with Crippen molar-refractivity contribution in [3.05, 3.63) is 83.6 Å². The van der Waals surface area contributed by atoms with Crippen LogP contribution in [0.3, 0.4) is 0 Å². The molecule has 1 aliphatic carbocycles. The quantitative estimate of drug-likeness (QED) is 0.109. The second kappa shape index (κ2) is 16.1. The first kappa shape index (κ1) is 38.6. The molecule has 286 valence electrons. The van der Waals surface area contributed by atoms with E-state index in [4.69, 9.17) is 5.73 Å². The summed E-state index contributed by atoms with van der Waals surface area (Å²) >= 11 is 0. The number of ketones is 1. The van der Waals surface area contributed by atoms with Crippen LogP contribution in [0.1, 0.15) is 68.1 Å². The SMILES string of the molecule is Cc1cccc(OC(F)(F)F)c1CN1CCN(Cc2ccc3c(c2)c(-c2ccc(OC(F)(F)F)cc2)cn3CCCCC(=O)C2(N)CCCCC2)CC1. The van der Waals surface area contributed by atoms with Crippen LogP contribution >= 0.6 is 0 Å². The van der Waals surface area contributed by atoms with Crippen LogP contribution < -0.4 is 15.2 Å². The summed E-state index contributed by atoms with van der Waals surface area (Å²) in [7, 11) is 0. The fraction of sp³-hybridized carbons (Fsp3) is 0.475. The first-order valence-corrected chi connectivity index (χ1v) is 18.2. The van der Waals surface area contributed by atoms with Gasteiger partial charge in [-0.25, -0.2) is 0 Å². The molecule has 53 heavy (non-hydrogen) atoms. The van der Waals surface area contributed by atoms with Crippen molar-refractivity contribution < 1.29 is 40.6 Å². The molecule has 0 bridgehead atoms. The van der Waals surface area contributed by atoms with Gasteiger partial charge in [0.05, 0.1) is 5.54 Å². The first-order chi connectivity index (χ1) is 25.2. The van der Waals surface area contributed by atoms with E-state index in [9.17, 15) is 31.1 Å². The molecule has 1 aromatic heterocycles. The molecule has 7 nitrogen and oxygen atoms in total. The molecule has 1 saturated heterocycles. The Morgan fingerprint density at radius 1 is 0.811 bits per heavy atom. The van der Waals surface area contributed by atoms with Gasteiger partial charge in [-0.3, -0.25) is 14.6 Å². The topological polar surface area (TPSA) is 73.0 Å². The summed E-state index contributed by atoms with van der Waals surface area (Å²) in [6, 6.07) is 16.8. The van der Waals surface area contributed by atoms with Gasteiger partial charge in [0.15, 0.2) is 5.78 Å². The maximum Gasteiger partial charge on any atom is 0.573 e. The van der Waals surface area contributed by atoms with E-state index < -0.39 is 18.3 Å². The molecule has 0 radical (unpaired) electrons. The molecule has 13 heteroatoms. The third-order valence-corrected chi connectivity index (χ3v) is 10.5. The first-order valence-electron chi connectivity index (χ1n) is 18.2. The van der Waals surface area contributed by atoms with E-state index in [1.54, 1.807) is 31.2 Å². The number of aromatic nitrogens is 1. The highest BCUT2D eigenvalue weighted by molar-refractivity contribution is 5.96. The van der Waals surface area contributed by atoms with E-state index in [0.717, 1.165) is 84.8 Å². The van der Waals surface area contributed by atoms with E-state index >= 15 is 0 Å². The molecule has 3 aromatic carbocycles. The van der Waals surface area contributed by atoms with Crippen molar-refractivity contribution in [2.75, 3.05) is 26.2 Å². The molecule has 4 aromatic rings. The predicted octanol–water partition coefficient (Wildman–Crippen LogP) is 9.13. The summed E-state index contributed by atoms with van der Waals surface area (Å²) < 4.78 is 88.2. The highest BCUT2D eigenvalue weighted by atomic mass is 19.4. The molecule has 0 spiro atoms. The van der Waals surface area contributed by atoms with Gasteiger partial charge in [-0.1, -0.05) is 49.6 Å². The van der Waals surface area contributed by atoms with Crippen molar-refractivity contribution >= 4 is 16.7 Å². The zero-order chi connectivity index (χ0) is 37.8. The molecule has 0 unspecified atom stereocenters. The number of unbranched alkanes of at least 4 members (excludes halogenated alkanes) is 1. The lowest BCUT2D eigenvalue weighted by atomic mass is 9.78. The van der Waals surface area contributed by atoms with Gasteiger partial charge in [-0.2, -0.15) is 0 Å². The number of nitrogens with zero attached hydrogens (tertiary/aromatic N) is 3. The van der Waals surface area contributed by atoms with Crippen LogP contribution in [0.2, 0.25) is 0 Å². The number of nitrogens with two attached hydrogens (primary N) is 1. The second-order valence-electron chi connectivity index (χ2n) is 14.4. The number of benzene rings is 3. The van der Waals surface area contributed by atoms with Gasteiger partial charge in [0.2, 0.25) is 0 Å². The lowest BCUT2D eigenvalue weighted by molar-refractivity contribution is -0.275. The minimum absolute atomic E-state index is 0.136. The number of alkyl halides is 6. The average Bonchev–Trinajstić information content (AvgIpc) is 3.46. The summed E-state index contributed by atoms with van der Waals surface area (Å²) in [6.45, 7) is 6.23. The van der Waals surface area contributed by atoms with Crippen molar-refractivity contribution in [3.63, 3.8) is 0 Å². The Morgan fingerprint density at radius 3 is 2.13 bits per heavy atom. The molecule has 2 aliphatic rings. The number of carbonyl (C=O) groups excluding carboxylic acids is 1. The number of hydrogen-bond donors (Lipinski definition) is 1. The summed E-state index contributed by atoms with van der Waals surface area (Å²) in [6.07, 6.45) is -1.04. The summed E-state index contributed by atoms with van der Waals surface area (Å²) in [4.78, 5) is 17.4. The van der Waals surface area contributed by atoms with Crippen LogP contribution in [0.5, 0.6) is 11.5 Å². The maximum absolute atomic E-state index is 13.0. The van der Waals surface area contributed by atoms with Crippen molar-refractivity contribution in [2.24, 2.45) is 5.73 Å². The monoisotopic (exact) mass is 744 g/mol. The number of rotatable bonds is 13. The number of Topliss-reactive ketones (excluding diaryl/α,β-unsaturated/α-hetero) is 1. The van der Waals surface area contributed by atoms with Crippen LogP contribution in [0.15, 0.2) is 66.9 Å². The predicted molar refractivity (Wildman–Crippen MR) is 191 cm³/mol. The third-order valence-electron chi connectivity index (χ3n) is 10.5. The summed E-state index contributed by atoms with van der Waals surface area (Å²) in [5.41, 5.74) is 10.7. The Balaban J connectivity index is 1.14. The van der Waals surface area contributed by atoms with E-state index in [1.807, 2.05) is 6.20 Å². The van der Waals surface area contributed by atoms with Gasteiger partial charge in [0.1, 0.15) is 11.5 Å². The zero-order valence-corrected chi connectivity index (χ0v) is 29.9. The van der Waals surface area contributed by atoms with Gasteiger partial charge in [-0.05, 0) is 79.6 Å². The Hall–Kier alpha value is -4.07. The van der Waals surface area contributed by atoms with Gasteiger partial charge in [0.25, 0.3) is 0 Å². The van der Waals surface area contributed by atoms with E-state index in [2.05, 4.69) is 42.0 Å². The van der Waals surface area contributed by atoms with Gasteiger partial charge < -0.3 is 19.8 Å². The molecule has 1 aliphatic heterocycles. The fourth-order valence-electron chi connectivity index (χ4n) is 7.66. The summed E-state index contributed by atoms with van der Waals surface area (Å²) in [5.74, 6) is -0.329. The van der Waals surface area contributed by atoms with Crippen molar-refractivity contribution in [2.45, 2.75) is 96.2 Å². The smallest absolute Gasteiger partial charge is 0.406 e. The van der Waals surface area contributed by atoms with Gasteiger partial charge in [0, 0.05) is 80.5 Å². The third kappa shape index (κ3) is 10.1. The molecule has 1 saturated carbocycles. The lowest BCUT2D eigenvalue weighted by Gasteiger charge is -2.35. The van der Waals surface area contributed by atoms with E-state index in [0.29, 0.717) is 51.1 Å². The molecular weight excluding hydrogens is 698 g/mol. The highest BCUT2D eigenvalue weighted by Crippen LogP contribution is 2.35. The standard InChI is InChI=1S/C40H46F6N4O3/c1-28-8-7-9-36(53-40(44,45)46)33(28)26-49-22-20-48(21-23-49)25-29-11-16-35-32(24-29)34(30-12-14-31(15-13-30)52-39(41,42)43)27-50(35)19-6-3-10-37(51)38(47)17-4-2-5-18-38/h7-9,11-16,24,27H,2-6,10,17-23,25-26,47H2,1H3. The maximum atomic E-state index is 13.0. The molecule has 2 N–H and O–H groups in total. The van der Waals surface area contributed by atoms with Crippen LogP contribution in [-0.2, 0) is 24.4 Å². The van der Waals surface area contributed by atoms with Crippen molar-refractivity contribution in [1.82, 2.24) is 14.4 Å². The summed E-state index contributed by atoms with van der Waals surface area (Å²) in [5, 5.41) is 0.960. The number of aryl methyl sites for hydroxylation is 2. The number of ether oxygens (including phenoxy) is 2. The number of fused-ring (bicyclic) bond motifs is 1. The van der Waals surface area contributed by atoms with Gasteiger partial charge in [-0.15, -0.1) is 26.3 Å². The van der Waals surface area contributed by atoms with Crippen LogP contribution in [0.25, 0.3) is 22.0 Å². The van der Waals surface area contributed by atoms with E-state index in [-0.39, 0.29) is 17.3 Å². The Labute approximate surface area is 305 Å². The zero-order valence-electron chi connectivity index (χ0n) is 29.9.